The van der Waals surface area contributed by atoms with Gasteiger partial charge in [0, 0.05) is 19.6 Å². The van der Waals surface area contributed by atoms with Crippen LogP contribution in [-0.4, -0.2) is 28.0 Å². The number of nitrogens with one attached hydrogen (secondary N) is 1. The van der Waals surface area contributed by atoms with Crippen molar-refractivity contribution in [3.05, 3.63) is 51.8 Å². The van der Waals surface area contributed by atoms with E-state index in [4.69, 9.17) is 0 Å². The second kappa shape index (κ2) is 7.92. The van der Waals surface area contributed by atoms with E-state index in [1.165, 1.54) is 11.9 Å². The highest BCUT2D eigenvalue weighted by molar-refractivity contribution is 5.70. The molecule has 1 aromatic heterocycles. The van der Waals surface area contributed by atoms with Crippen molar-refractivity contribution in [3.63, 3.8) is 0 Å². The third-order valence-corrected chi connectivity index (χ3v) is 4.47. The number of anilines is 2. The maximum Gasteiger partial charge on any atom is 0.353 e. The predicted molar refractivity (Wildman–Crippen MR) is 97.9 cm³/mol. The van der Waals surface area contributed by atoms with Gasteiger partial charge in [-0.2, -0.15) is 0 Å². The van der Waals surface area contributed by atoms with Crippen LogP contribution in [0.15, 0.2) is 30.6 Å². The van der Waals surface area contributed by atoms with Gasteiger partial charge in [0.05, 0.1) is 4.92 Å². The summed E-state index contributed by atoms with van der Waals surface area (Å²) in [5.41, 5.74) is 2.20. The summed E-state index contributed by atoms with van der Waals surface area (Å²) in [7, 11) is 0. The average Bonchev–Trinajstić information content (AvgIpc) is 2.90. The summed E-state index contributed by atoms with van der Waals surface area (Å²) >= 11 is 0. The number of aryl methyl sites for hydroxylation is 1. The molecule has 1 fully saturated rings. The number of hydrogen-bond donors (Lipinski definition) is 1. The van der Waals surface area contributed by atoms with Crippen LogP contribution in [0.25, 0.3) is 0 Å². The fourth-order valence-electron chi connectivity index (χ4n) is 3.07. The molecule has 0 amide bonds. The molecule has 0 unspecified atom stereocenters. The van der Waals surface area contributed by atoms with E-state index in [0.717, 1.165) is 44.3 Å². The maximum atomic E-state index is 11.7. The third kappa shape index (κ3) is 4.23. The summed E-state index contributed by atoms with van der Waals surface area (Å²) in [4.78, 5) is 21.7. The highest BCUT2D eigenvalue weighted by Crippen LogP contribution is 2.33. The fourth-order valence-corrected chi connectivity index (χ4v) is 3.07. The van der Waals surface area contributed by atoms with Crippen molar-refractivity contribution in [1.29, 1.82) is 0 Å². The van der Waals surface area contributed by atoms with E-state index in [2.05, 4.69) is 15.3 Å². The highest BCUT2D eigenvalue weighted by Gasteiger charge is 2.27. The first-order chi connectivity index (χ1) is 12.1. The molecule has 7 nitrogen and oxygen atoms in total. The van der Waals surface area contributed by atoms with Crippen LogP contribution in [0.3, 0.4) is 0 Å². The third-order valence-electron chi connectivity index (χ3n) is 4.47. The Hall–Kier alpha value is -2.70. The smallest absolute Gasteiger partial charge is 0.353 e. The lowest BCUT2D eigenvalue weighted by molar-refractivity contribution is -0.383. The minimum absolute atomic E-state index is 0.0310. The minimum Gasteiger partial charge on any atom is -0.360 e. The minimum atomic E-state index is -0.377. The Morgan fingerprint density at radius 1 is 1.12 bits per heavy atom. The molecule has 3 rings (SSSR count). The summed E-state index contributed by atoms with van der Waals surface area (Å²) in [5.74, 6) is 0.702. The zero-order valence-electron chi connectivity index (χ0n) is 14.4. The Morgan fingerprint density at radius 3 is 2.44 bits per heavy atom. The number of aromatic nitrogens is 2. The monoisotopic (exact) mass is 341 g/mol. The molecule has 132 valence electrons. The lowest BCUT2D eigenvalue weighted by Crippen LogP contribution is -2.26. The summed E-state index contributed by atoms with van der Waals surface area (Å²) in [5, 5.41) is 14.8. The van der Waals surface area contributed by atoms with Crippen molar-refractivity contribution in [2.75, 3.05) is 23.3 Å². The maximum absolute atomic E-state index is 11.7. The van der Waals surface area contributed by atoms with Gasteiger partial charge in [0.1, 0.15) is 6.33 Å². The van der Waals surface area contributed by atoms with Gasteiger partial charge in [0.25, 0.3) is 0 Å². The van der Waals surface area contributed by atoms with Crippen molar-refractivity contribution < 1.29 is 4.92 Å². The van der Waals surface area contributed by atoms with Crippen molar-refractivity contribution in [2.45, 2.75) is 39.2 Å². The van der Waals surface area contributed by atoms with Gasteiger partial charge in [0.2, 0.25) is 11.6 Å². The molecule has 0 spiro atoms. The number of hydrogen-bond acceptors (Lipinski definition) is 6. The van der Waals surface area contributed by atoms with Gasteiger partial charge in [-0.25, -0.2) is 9.97 Å². The van der Waals surface area contributed by atoms with Crippen LogP contribution >= 0.6 is 0 Å². The number of nitrogens with zero attached hydrogens (tertiary/aromatic N) is 4. The first kappa shape index (κ1) is 17.1. The van der Waals surface area contributed by atoms with Gasteiger partial charge >= 0.3 is 5.69 Å². The molecule has 0 radical (unpaired) electrons. The molecule has 1 aromatic carbocycles. The topological polar surface area (TPSA) is 84.2 Å². The average molecular weight is 341 g/mol. The Balaban J connectivity index is 1.84. The molecule has 1 N–H and O–H groups in total. The van der Waals surface area contributed by atoms with Crippen molar-refractivity contribution in [2.24, 2.45) is 0 Å². The zero-order chi connectivity index (χ0) is 17.6. The van der Waals surface area contributed by atoms with E-state index in [9.17, 15) is 10.1 Å². The van der Waals surface area contributed by atoms with Crippen LogP contribution in [0.1, 0.15) is 36.8 Å². The Kier molecular flexibility index (Phi) is 5.42. The molecule has 0 bridgehead atoms. The molecule has 0 saturated carbocycles. The van der Waals surface area contributed by atoms with Gasteiger partial charge in [-0.05, 0) is 25.3 Å². The van der Waals surface area contributed by atoms with Crippen LogP contribution in [0.2, 0.25) is 0 Å². The van der Waals surface area contributed by atoms with Crippen molar-refractivity contribution in [1.82, 2.24) is 9.97 Å². The first-order valence-corrected chi connectivity index (χ1v) is 8.69. The number of benzene rings is 1. The van der Waals surface area contributed by atoms with Gasteiger partial charge < -0.3 is 10.2 Å². The normalized spacial score (nSPS) is 14.8. The molecule has 1 aliphatic heterocycles. The quantitative estimate of drug-likeness (QED) is 0.659. The molecule has 2 heterocycles. The molecule has 1 saturated heterocycles. The zero-order valence-corrected chi connectivity index (χ0v) is 14.4. The van der Waals surface area contributed by atoms with Gasteiger partial charge in [-0.3, -0.25) is 10.1 Å². The summed E-state index contributed by atoms with van der Waals surface area (Å²) in [6, 6.07) is 8.05. The summed E-state index contributed by atoms with van der Waals surface area (Å²) < 4.78 is 0. The lowest BCUT2D eigenvalue weighted by atomic mass is 10.1. The van der Waals surface area contributed by atoms with Crippen molar-refractivity contribution >= 4 is 17.3 Å². The molecule has 25 heavy (non-hydrogen) atoms. The first-order valence-electron chi connectivity index (χ1n) is 8.69. The van der Waals surface area contributed by atoms with Crippen molar-refractivity contribution in [3.8, 4) is 0 Å². The van der Waals surface area contributed by atoms with Crippen LogP contribution in [0, 0.1) is 17.0 Å². The van der Waals surface area contributed by atoms with E-state index in [1.54, 1.807) is 0 Å². The fraction of sp³-hybridized carbons (Fsp3) is 0.444. The van der Waals surface area contributed by atoms with E-state index in [0.29, 0.717) is 12.4 Å². The van der Waals surface area contributed by atoms with E-state index >= 15 is 0 Å². The molecule has 0 aliphatic carbocycles. The largest absolute Gasteiger partial charge is 0.360 e. The molecule has 7 heteroatoms. The molecule has 2 aromatic rings. The van der Waals surface area contributed by atoms with Crippen LogP contribution in [0.5, 0.6) is 0 Å². The van der Waals surface area contributed by atoms with E-state index in [-0.39, 0.29) is 16.4 Å². The second-order valence-corrected chi connectivity index (χ2v) is 6.39. The number of nitro groups is 1. The molecular weight excluding hydrogens is 318 g/mol. The van der Waals surface area contributed by atoms with E-state index < -0.39 is 0 Å². The Morgan fingerprint density at radius 2 is 1.80 bits per heavy atom. The molecular formula is C18H23N5O2. The Bertz CT molecular complexity index is 725. The SMILES string of the molecule is Cc1ccc(CNc2ncnc(N3CCCCCC3)c2[N+](=O)[O-])cc1. The summed E-state index contributed by atoms with van der Waals surface area (Å²) in [6.07, 6.45) is 5.80. The van der Waals surface area contributed by atoms with Gasteiger partial charge in [-0.1, -0.05) is 42.7 Å². The van der Waals surface area contributed by atoms with Crippen LogP contribution in [0.4, 0.5) is 17.3 Å². The van der Waals surface area contributed by atoms with Crippen LogP contribution in [-0.2, 0) is 6.54 Å². The van der Waals surface area contributed by atoms with Crippen LogP contribution < -0.4 is 10.2 Å². The van der Waals surface area contributed by atoms with E-state index in [1.807, 2.05) is 36.1 Å². The highest BCUT2D eigenvalue weighted by atomic mass is 16.6. The molecule has 0 atom stereocenters. The Labute approximate surface area is 147 Å². The standard InChI is InChI=1S/C18H23N5O2/c1-14-6-8-15(9-7-14)12-19-17-16(23(24)25)18(21-13-20-17)22-10-4-2-3-5-11-22/h6-9,13H,2-5,10-12H2,1H3,(H,19,20,21). The van der Waals surface area contributed by atoms with Gasteiger partial charge in [0.15, 0.2) is 0 Å². The second-order valence-electron chi connectivity index (χ2n) is 6.39. The lowest BCUT2D eigenvalue weighted by Gasteiger charge is -2.21. The molecule has 1 aliphatic rings. The van der Waals surface area contributed by atoms with Gasteiger partial charge in [-0.15, -0.1) is 0 Å². The predicted octanol–water partition coefficient (Wildman–Crippen LogP) is 3.69. The summed E-state index contributed by atoms with van der Waals surface area (Å²) in [6.45, 7) is 4.11. The number of rotatable bonds is 5.